The first-order chi connectivity index (χ1) is 9.81. The van der Waals surface area contributed by atoms with Gasteiger partial charge in [0.15, 0.2) is 0 Å². The molecule has 0 saturated carbocycles. The maximum Gasteiger partial charge on any atom is 0.273 e. The maximum atomic E-state index is 12.7. The first kappa shape index (κ1) is 12.9. The standard InChI is InChI=1S/C15H17N3O2/c1-20-12-4-2-3-11-5-6-17-14(13(11)12)15(19)18-9-7-16-8-10-18/h2-6,16H,7-10H2,1H3. The number of nitrogens with zero attached hydrogens (tertiary/aromatic N) is 2. The summed E-state index contributed by atoms with van der Waals surface area (Å²) in [7, 11) is 1.61. The van der Waals surface area contributed by atoms with Gasteiger partial charge in [0.1, 0.15) is 11.4 Å². The molecule has 5 nitrogen and oxygen atoms in total. The van der Waals surface area contributed by atoms with Gasteiger partial charge in [-0.05, 0) is 17.5 Å². The minimum atomic E-state index is -0.0263. The van der Waals surface area contributed by atoms with Gasteiger partial charge in [0.2, 0.25) is 0 Å². The van der Waals surface area contributed by atoms with Crippen LogP contribution in [0.1, 0.15) is 10.5 Å². The molecule has 1 fully saturated rings. The number of aromatic nitrogens is 1. The zero-order chi connectivity index (χ0) is 13.9. The lowest BCUT2D eigenvalue weighted by Crippen LogP contribution is -2.46. The van der Waals surface area contributed by atoms with Gasteiger partial charge in [0.05, 0.1) is 12.5 Å². The molecule has 1 N–H and O–H groups in total. The van der Waals surface area contributed by atoms with E-state index < -0.39 is 0 Å². The zero-order valence-electron chi connectivity index (χ0n) is 11.4. The van der Waals surface area contributed by atoms with Crippen LogP contribution >= 0.6 is 0 Å². The molecule has 0 aliphatic carbocycles. The number of rotatable bonds is 2. The number of carbonyl (C=O) groups is 1. The maximum absolute atomic E-state index is 12.7. The van der Waals surface area contributed by atoms with Crippen molar-refractivity contribution in [2.45, 2.75) is 0 Å². The molecule has 0 radical (unpaired) electrons. The summed E-state index contributed by atoms with van der Waals surface area (Å²) in [6.45, 7) is 3.08. The molecule has 104 valence electrons. The Labute approximate surface area is 117 Å². The number of ether oxygens (including phenoxy) is 1. The highest BCUT2D eigenvalue weighted by molar-refractivity contribution is 6.07. The molecular weight excluding hydrogens is 254 g/mol. The van der Waals surface area contributed by atoms with Gasteiger partial charge < -0.3 is 15.0 Å². The summed E-state index contributed by atoms with van der Waals surface area (Å²) in [5.74, 6) is 0.663. The van der Waals surface area contributed by atoms with Crippen molar-refractivity contribution in [2.75, 3.05) is 33.3 Å². The normalized spacial score (nSPS) is 15.3. The summed E-state index contributed by atoms with van der Waals surface area (Å²) in [6, 6.07) is 7.64. The molecule has 1 aromatic carbocycles. The molecule has 1 aromatic heterocycles. The van der Waals surface area contributed by atoms with Gasteiger partial charge in [-0.25, -0.2) is 0 Å². The van der Waals surface area contributed by atoms with Gasteiger partial charge in [0.25, 0.3) is 5.91 Å². The third-order valence-electron chi connectivity index (χ3n) is 3.58. The molecule has 5 heteroatoms. The number of piperazine rings is 1. The second-order valence-corrected chi connectivity index (χ2v) is 4.76. The Morgan fingerprint density at radius 3 is 2.85 bits per heavy atom. The number of amides is 1. The van der Waals surface area contributed by atoms with Gasteiger partial charge in [0, 0.05) is 32.4 Å². The average Bonchev–Trinajstić information content (AvgIpc) is 2.53. The van der Waals surface area contributed by atoms with E-state index in [2.05, 4.69) is 10.3 Å². The molecule has 2 aromatic rings. The third kappa shape index (κ3) is 2.20. The minimum absolute atomic E-state index is 0.0263. The molecular formula is C15H17N3O2. The molecule has 0 spiro atoms. The van der Waals surface area contributed by atoms with Crippen molar-refractivity contribution < 1.29 is 9.53 Å². The quantitative estimate of drug-likeness (QED) is 0.894. The molecule has 1 saturated heterocycles. The number of fused-ring (bicyclic) bond motifs is 1. The van der Waals surface area contributed by atoms with Crippen LogP contribution in [0, 0.1) is 0 Å². The zero-order valence-corrected chi connectivity index (χ0v) is 11.4. The highest BCUT2D eigenvalue weighted by atomic mass is 16.5. The highest BCUT2D eigenvalue weighted by Crippen LogP contribution is 2.28. The van der Waals surface area contributed by atoms with Gasteiger partial charge in [-0.1, -0.05) is 12.1 Å². The largest absolute Gasteiger partial charge is 0.496 e. The van der Waals surface area contributed by atoms with Crippen LogP contribution < -0.4 is 10.1 Å². The van der Waals surface area contributed by atoms with E-state index in [0.29, 0.717) is 24.5 Å². The number of methoxy groups -OCH3 is 1. The summed E-state index contributed by atoms with van der Waals surface area (Å²) in [5, 5.41) is 5.00. The fraction of sp³-hybridized carbons (Fsp3) is 0.333. The summed E-state index contributed by atoms with van der Waals surface area (Å²) in [5.41, 5.74) is 0.474. The SMILES string of the molecule is COc1cccc2ccnc(C(=O)N3CCNCC3)c12. The Morgan fingerprint density at radius 2 is 2.10 bits per heavy atom. The Bertz CT molecular complexity index is 631. The van der Waals surface area contributed by atoms with Crippen LogP contribution in [0.3, 0.4) is 0 Å². The number of nitrogens with one attached hydrogen (secondary N) is 1. The first-order valence-corrected chi connectivity index (χ1v) is 6.73. The molecule has 20 heavy (non-hydrogen) atoms. The van der Waals surface area contributed by atoms with Crippen LogP contribution in [0.25, 0.3) is 10.8 Å². The van der Waals surface area contributed by atoms with Crippen molar-refractivity contribution in [3.8, 4) is 5.75 Å². The summed E-state index contributed by atoms with van der Waals surface area (Å²) in [6.07, 6.45) is 1.68. The lowest BCUT2D eigenvalue weighted by atomic mass is 10.1. The van der Waals surface area contributed by atoms with Crippen LogP contribution in [0.4, 0.5) is 0 Å². The summed E-state index contributed by atoms with van der Waals surface area (Å²) in [4.78, 5) is 18.8. The van der Waals surface area contributed by atoms with Crippen molar-refractivity contribution in [3.63, 3.8) is 0 Å². The first-order valence-electron chi connectivity index (χ1n) is 6.73. The van der Waals surface area contributed by atoms with Crippen molar-refractivity contribution in [3.05, 3.63) is 36.2 Å². The molecule has 1 aliphatic rings. The minimum Gasteiger partial charge on any atom is -0.496 e. The summed E-state index contributed by atoms with van der Waals surface area (Å²) >= 11 is 0. The smallest absolute Gasteiger partial charge is 0.273 e. The monoisotopic (exact) mass is 271 g/mol. The van der Waals surface area contributed by atoms with Crippen LogP contribution in [0.15, 0.2) is 30.5 Å². The van der Waals surface area contributed by atoms with Crippen molar-refractivity contribution in [1.29, 1.82) is 0 Å². The molecule has 1 amide bonds. The van der Waals surface area contributed by atoms with Gasteiger partial charge in [-0.3, -0.25) is 9.78 Å². The molecule has 2 heterocycles. The van der Waals surface area contributed by atoms with Crippen LogP contribution in [0.2, 0.25) is 0 Å². The Balaban J connectivity index is 2.08. The Hall–Kier alpha value is -2.14. The van der Waals surface area contributed by atoms with Gasteiger partial charge in [-0.15, -0.1) is 0 Å². The number of hydrogen-bond donors (Lipinski definition) is 1. The highest BCUT2D eigenvalue weighted by Gasteiger charge is 2.22. The van der Waals surface area contributed by atoms with Crippen LogP contribution in [-0.2, 0) is 0 Å². The lowest BCUT2D eigenvalue weighted by molar-refractivity contribution is 0.0732. The number of benzene rings is 1. The molecule has 0 bridgehead atoms. The number of hydrogen-bond acceptors (Lipinski definition) is 4. The average molecular weight is 271 g/mol. The molecule has 0 unspecified atom stereocenters. The van der Waals surface area contributed by atoms with E-state index in [1.165, 1.54) is 0 Å². The van der Waals surface area contributed by atoms with E-state index in [9.17, 15) is 4.79 Å². The van der Waals surface area contributed by atoms with E-state index in [1.807, 2.05) is 29.2 Å². The van der Waals surface area contributed by atoms with E-state index in [0.717, 1.165) is 23.9 Å². The second-order valence-electron chi connectivity index (χ2n) is 4.76. The van der Waals surface area contributed by atoms with Crippen molar-refractivity contribution in [1.82, 2.24) is 15.2 Å². The Morgan fingerprint density at radius 1 is 1.30 bits per heavy atom. The fourth-order valence-corrected chi connectivity index (χ4v) is 2.55. The van der Waals surface area contributed by atoms with Crippen LogP contribution in [-0.4, -0.2) is 49.1 Å². The van der Waals surface area contributed by atoms with E-state index >= 15 is 0 Å². The third-order valence-corrected chi connectivity index (χ3v) is 3.58. The molecule has 1 aliphatic heterocycles. The second kappa shape index (κ2) is 5.46. The van der Waals surface area contributed by atoms with Crippen LogP contribution in [0.5, 0.6) is 5.75 Å². The van der Waals surface area contributed by atoms with E-state index in [4.69, 9.17) is 4.74 Å². The van der Waals surface area contributed by atoms with Crippen molar-refractivity contribution in [2.24, 2.45) is 0 Å². The van der Waals surface area contributed by atoms with E-state index in [1.54, 1.807) is 13.3 Å². The van der Waals surface area contributed by atoms with Crippen molar-refractivity contribution >= 4 is 16.7 Å². The topological polar surface area (TPSA) is 54.5 Å². The van der Waals surface area contributed by atoms with Gasteiger partial charge in [-0.2, -0.15) is 0 Å². The van der Waals surface area contributed by atoms with Gasteiger partial charge >= 0.3 is 0 Å². The predicted octanol–water partition coefficient (Wildman–Crippen LogP) is 1.29. The molecule has 0 atom stereocenters. The number of carbonyl (C=O) groups excluding carboxylic acids is 1. The molecule has 3 rings (SSSR count). The van der Waals surface area contributed by atoms with E-state index in [-0.39, 0.29) is 5.91 Å². The lowest BCUT2D eigenvalue weighted by Gasteiger charge is -2.27. The number of pyridine rings is 1. The summed E-state index contributed by atoms with van der Waals surface area (Å²) < 4.78 is 5.38. The predicted molar refractivity (Wildman–Crippen MR) is 77.1 cm³/mol. The Kier molecular flexibility index (Phi) is 3.52. The fourth-order valence-electron chi connectivity index (χ4n) is 2.55.